The molecular weight excluding hydrogens is 662 g/mol. The van der Waals surface area contributed by atoms with Gasteiger partial charge in [-0.1, -0.05) is 37.3 Å². The molecule has 3 aromatic rings. The number of nitriles is 1. The van der Waals surface area contributed by atoms with E-state index in [4.69, 9.17) is 14.2 Å². The highest BCUT2D eigenvalue weighted by molar-refractivity contribution is 6.02. The number of ether oxygens (including phenoxy) is 3. The second kappa shape index (κ2) is 17.3. The third kappa shape index (κ3) is 9.95. The first-order valence-corrected chi connectivity index (χ1v) is 18.4. The summed E-state index contributed by atoms with van der Waals surface area (Å²) in [6.45, 7) is 12.7. The lowest BCUT2D eigenvalue weighted by Crippen LogP contribution is -2.50. The largest absolute Gasteiger partial charge is 0.390 e. The van der Waals surface area contributed by atoms with Gasteiger partial charge in [0.05, 0.1) is 23.9 Å². The third-order valence-corrected chi connectivity index (χ3v) is 10.7. The first-order chi connectivity index (χ1) is 24.9. The minimum Gasteiger partial charge on any atom is -0.390 e. The molecule has 13 nitrogen and oxygen atoms in total. The molecule has 0 saturated carbocycles. The number of aromatic nitrogens is 3. The zero-order valence-electron chi connectivity index (χ0n) is 31.4. The van der Waals surface area contributed by atoms with Crippen LogP contribution < -0.4 is 10.2 Å². The minimum atomic E-state index is -1.06. The van der Waals surface area contributed by atoms with Gasteiger partial charge in [-0.2, -0.15) is 5.26 Å². The number of hydrogen-bond acceptors (Lipinski definition) is 11. The summed E-state index contributed by atoms with van der Waals surface area (Å²) in [4.78, 5) is 18.2. The Balaban J connectivity index is 1.16. The summed E-state index contributed by atoms with van der Waals surface area (Å²) in [5.41, 5.74) is 1.63. The number of amides is 1. The van der Waals surface area contributed by atoms with Crippen LogP contribution in [-0.4, -0.2) is 119 Å². The zero-order valence-corrected chi connectivity index (χ0v) is 31.4. The molecule has 2 unspecified atom stereocenters. The molecule has 13 heteroatoms. The number of fused-ring (bicyclic) bond motifs is 1. The predicted molar refractivity (Wildman–Crippen MR) is 199 cm³/mol. The van der Waals surface area contributed by atoms with E-state index in [9.17, 15) is 20.3 Å². The lowest BCUT2D eigenvalue weighted by molar-refractivity contribution is -0.245. The van der Waals surface area contributed by atoms with Gasteiger partial charge in [-0.15, -0.1) is 5.10 Å². The molecule has 5 rings (SSSR count). The van der Waals surface area contributed by atoms with Crippen molar-refractivity contribution in [3.8, 4) is 6.07 Å². The fourth-order valence-electron chi connectivity index (χ4n) is 6.68. The van der Waals surface area contributed by atoms with Gasteiger partial charge in [0.1, 0.15) is 23.9 Å². The van der Waals surface area contributed by atoms with E-state index in [-0.39, 0.29) is 18.5 Å². The van der Waals surface area contributed by atoms with Crippen molar-refractivity contribution in [2.45, 2.75) is 102 Å². The number of methoxy groups -OCH3 is 1. The normalized spacial score (nSPS) is 23.9. The summed E-state index contributed by atoms with van der Waals surface area (Å²) < 4.78 is 19.0. The van der Waals surface area contributed by atoms with Crippen LogP contribution in [0.4, 0.5) is 5.69 Å². The van der Waals surface area contributed by atoms with Gasteiger partial charge in [0.2, 0.25) is 0 Å². The van der Waals surface area contributed by atoms with Gasteiger partial charge in [0, 0.05) is 70.2 Å². The molecule has 3 heterocycles. The molecule has 0 spiro atoms. The Labute approximate surface area is 307 Å². The molecule has 52 heavy (non-hydrogen) atoms. The van der Waals surface area contributed by atoms with Crippen LogP contribution in [0.15, 0.2) is 48.2 Å². The predicted octanol–water partition coefficient (Wildman–Crippen LogP) is 3.68. The Morgan fingerprint density at radius 3 is 2.54 bits per heavy atom. The van der Waals surface area contributed by atoms with Gasteiger partial charge < -0.3 is 39.5 Å². The summed E-state index contributed by atoms with van der Waals surface area (Å²) in [6.07, 6.45) is 2.75. The number of rotatable bonds is 15. The second-order valence-corrected chi connectivity index (χ2v) is 14.8. The number of likely N-dealkylation sites (N-methyl/N-ethyl adjacent to an activating group) is 1. The Morgan fingerprint density at radius 1 is 1.12 bits per heavy atom. The highest BCUT2D eigenvalue weighted by atomic mass is 16.7. The van der Waals surface area contributed by atoms with Gasteiger partial charge in [-0.05, 0) is 80.8 Å². The fourth-order valence-corrected chi connectivity index (χ4v) is 6.68. The third-order valence-electron chi connectivity index (χ3n) is 10.7. The highest BCUT2D eigenvalue weighted by Gasteiger charge is 2.37. The standard InChI is InChI=1S/C39H55N7O6/c1-7-38(3,13-18-51-39(4,8-2)23-31-25-46(43-42-31)26-34-36(48)33(47)22-35(50-6)52-34)41-37(49)30(24-40)20-27-9-10-29-21-32(12-11-28(29)19-27)45-16-14-44(5)15-17-45/h9-12,19-21,25,33-36,47-48H,7-8,13-18,22-23,26H2,1-6H3,(H,41,49)/b30-20+/t33-,34-,35+,36+,38?,39?/m1/s1. The summed E-state index contributed by atoms with van der Waals surface area (Å²) >= 11 is 0. The summed E-state index contributed by atoms with van der Waals surface area (Å²) in [6, 6.07) is 14.6. The van der Waals surface area contributed by atoms with Crippen LogP contribution in [-0.2, 0) is 32.0 Å². The molecule has 2 saturated heterocycles. The van der Waals surface area contributed by atoms with E-state index < -0.39 is 41.6 Å². The number of carbonyl (C=O) groups excluding carboxylic acids is 1. The monoisotopic (exact) mass is 717 g/mol. The van der Waals surface area contributed by atoms with Crippen LogP contribution >= 0.6 is 0 Å². The molecule has 2 aliphatic rings. The van der Waals surface area contributed by atoms with Crippen molar-refractivity contribution >= 4 is 28.4 Å². The molecule has 2 aromatic carbocycles. The molecule has 0 bridgehead atoms. The molecular formula is C39H55N7O6. The van der Waals surface area contributed by atoms with Crippen molar-refractivity contribution in [2.75, 3.05) is 51.8 Å². The van der Waals surface area contributed by atoms with Crippen molar-refractivity contribution in [1.29, 1.82) is 5.26 Å². The molecule has 6 atom stereocenters. The number of nitrogens with one attached hydrogen (secondary N) is 1. The van der Waals surface area contributed by atoms with E-state index in [1.807, 2.05) is 45.9 Å². The first-order valence-electron chi connectivity index (χ1n) is 18.4. The maximum atomic E-state index is 13.4. The van der Waals surface area contributed by atoms with E-state index >= 15 is 0 Å². The molecule has 0 aliphatic carbocycles. The van der Waals surface area contributed by atoms with Gasteiger partial charge in [-0.3, -0.25) is 4.79 Å². The van der Waals surface area contributed by atoms with E-state index in [0.717, 1.165) is 48.2 Å². The number of hydrogen-bond donors (Lipinski definition) is 3. The van der Waals surface area contributed by atoms with Crippen molar-refractivity contribution in [2.24, 2.45) is 0 Å². The van der Waals surface area contributed by atoms with Gasteiger partial charge >= 0.3 is 0 Å². The Bertz CT molecular complexity index is 1730. The minimum absolute atomic E-state index is 0.0499. The number of carbonyl (C=O) groups is 1. The Morgan fingerprint density at radius 2 is 1.85 bits per heavy atom. The van der Waals surface area contributed by atoms with Crippen molar-refractivity contribution in [3.05, 3.63) is 59.4 Å². The van der Waals surface area contributed by atoms with Crippen molar-refractivity contribution in [3.63, 3.8) is 0 Å². The lowest BCUT2D eigenvalue weighted by Gasteiger charge is -2.36. The maximum absolute atomic E-state index is 13.4. The van der Waals surface area contributed by atoms with E-state index in [1.54, 1.807) is 17.0 Å². The van der Waals surface area contributed by atoms with E-state index in [1.165, 1.54) is 12.8 Å². The molecule has 2 fully saturated rings. The Hall–Kier alpha value is -3.90. The van der Waals surface area contributed by atoms with Crippen LogP contribution in [0.25, 0.3) is 16.8 Å². The smallest absolute Gasteiger partial charge is 0.262 e. The Kier molecular flexibility index (Phi) is 13.1. The quantitative estimate of drug-likeness (QED) is 0.156. The maximum Gasteiger partial charge on any atom is 0.262 e. The van der Waals surface area contributed by atoms with E-state index in [0.29, 0.717) is 32.3 Å². The van der Waals surface area contributed by atoms with Crippen LogP contribution in [0.5, 0.6) is 0 Å². The van der Waals surface area contributed by atoms with Gasteiger partial charge in [0.15, 0.2) is 6.29 Å². The summed E-state index contributed by atoms with van der Waals surface area (Å²) in [7, 11) is 3.65. The molecule has 1 amide bonds. The van der Waals surface area contributed by atoms with Gasteiger partial charge in [0.25, 0.3) is 5.91 Å². The number of nitrogens with zero attached hydrogens (tertiary/aromatic N) is 6. The van der Waals surface area contributed by atoms with Crippen LogP contribution in [0.2, 0.25) is 0 Å². The van der Waals surface area contributed by atoms with Crippen LogP contribution in [0, 0.1) is 11.3 Å². The number of aliphatic hydroxyl groups is 2. The highest BCUT2D eigenvalue weighted by Crippen LogP contribution is 2.27. The fraction of sp³-hybridized carbons (Fsp3) is 0.590. The number of piperazine rings is 1. The molecule has 2 aliphatic heterocycles. The molecule has 282 valence electrons. The second-order valence-electron chi connectivity index (χ2n) is 14.8. The average Bonchev–Trinajstić information content (AvgIpc) is 3.58. The zero-order chi connectivity index (χ0) is 37.5. The van der Waals surface area contributed by atoms with Gasteiger partial charge in [-0.25, -0.2) is 4.68 Å². The number of anilines is 1. The number of benzene rings is 2. The summed E-state index contributed by atoms with van der Waals surface area (Å²) in [5.74, 6) is -0.413. The van der Waals surface area contributed by atoms with Crippen LogP contribution in [0.1, 0.15) is 64.6 Å². The molecule has 0 radical (unpaired) electrons. The summed E-state index contributed by atoms with van der Waals surface area (Å²) in [5, 5.41) is 44.4. The first kappa shape index (κ1) is 39.3. The van der Waals surface area contributed by atoms with Crippen molar-refractivity contribution < 1.29 is 29.2 Å². The van der Waals surface area contributed by atoms with Crippen molar-refractivity contribution in [1.82, 2.24) is 25.2 Å². The molecule has 1 aromatic heterocycles. The number of aliphatic hydroxyl groups excluding tert-OH is 2. The topological polar surface area (TPSA) is 158 Å². The molecule has 3 N–H and O–H groups in total. The SMILES string of the molecule is CCC(C)(CCOC(C)(CC)Cc1cn(C[C@H]2O[C@H](OC)C[C@@H](O)[C@@H]2O)nn1)NC(=O)/C(C#N)=C/c1ccc2cc(N3CCN(C)CC3)ccc2c1. The van der Waals surface area contributed by atoms with Crippen LogP contribution in [0.3, 0.4) is 0 Å². The lowest BCUT2D eigenvalue weighted by atomic mass is 9.93. The average molecular weight is 718 g/mol. The van der Waals surface area contributed by atoms with E-state index in [2.05, 4.69) is 56.7 Å².